The average molecular weight is 397 g/mol. The molecule has 152 valence electrons. The molecule has 1 unspecified atom stereocenters. The maximum Gasteiger partial charge on any atom is 0.253 e. The van der Waals surface area contributed by atoms with Crippen molar-refractivity contribution in [1.29, 1.82) is 0 Å². The van der Waals surface area contributed by atoms with Gasteiger partial charge in [0.2, 0.25) is 11.8 Å². The molecule has 9 nitrogen and oxygen atoms in total. The number of aromatic nitrogens is 4. The minimum Gasteiger partial charge on any atom is -0.493 e. The van der Waals surface area contributed by atoms with Crippen molar-refractivity contribution in [1.82, 2.24) is 25.1 Å². The maximum atomic E-state index is 12.3. The summed E-state index contributed by atoms with van der Waals surface area (Å²) in [5, 5.41) is 17.7. The number of aromatic hydroxyl groups is 1. The van der Waals surface area contributed by atoms with E-state index in [4.69, 9.17) is 9.47 Å². The topological polar surface area (TPSA) is 111 Å². The number of ether oxygens (including phenoxy) is 2. The molecule has 0 fully saturated rings. The van der Waals surface area contributed by atoms with Gasteiger partial charge in [0.25, 0.3) is 5.91 Å². The van der Waals surface area contributed by atoms with E-state index in [1.807, 2.05) is 6.92 Å². The number of carbonyl (C=O) groups excluding carboxylic acids is 1. The molecule has 1 atom stereocenters. The number of carbonyl (C=O) groups is 1. The molecule has 0 aliphatic heterocycles. The van der Waals surface area contributed by atoms with Crippen LogP contribution in [0.25, 0.3) is 16.9 Å². The van der Waals surface area contributed by atoms with Gasteiger partial charge in [-0.1, -0.05) is 0 Å². The van der Waals surface area contributed by atoms with Gasteiger partial charge in [0.15, 0.2) is 5.82 Å². The second-order valence-electron chi connectivity index (χ2n) is 6.44. The second kappa shape index (κ2) is 9.16. The van der Waals surface area contributed by atoms with E-state index in [9.17, 15) is 9.90 Å². The van der Waals surface area contributed by atoms with E-state index in [-0.39, 0.29) is 17.8 Å². The molecule has 0 saturated heterocycles. The van der Waals surface area contributed by atoms with Gasteiger partial charge in [0, 0.05) is 38.2 Å². The highest BCUT2D eigenvalue weighted by Gasteiger charge is 2.16. The largest absolute Gasteiger partial charge is 0.493 e. The van der Waals surface area contributed by atoms with Gasteiger partial charge in [0.1, 0.15) is 0 Å². The molecule has 0 aliphatic carbocycles. The van der Waals surface area contributed by atoms with E-state index in [0.717, 1.165) is 6.42 Å². The quantitative estimate of drug-likeness (QED) is 0.599. The highest BCUT2D eigenvalue weighted by atomic mass is 16.5. The molecule has 1 amide bonds. The van der Waals surface area contributed by atoms with Crippen LogP contribution in [-0.4, -0.2) is 57.6 Å². The summed E-state index contributed by atoms with van der Waals surface area (Å²) in [7, 11) is 3.15. The van der Waals surface area contributed by atoms with Crippen LogP contribution in [0.2, 0.25) is 0 Å². The van der Waals surface area contributed by atoms with Crippen molar-refractivity contribution in [3.05, 3.63) is 48.4 Å². The van der Waals surface area contributed by atoms with Gasteiger partial charge in [-0.3, -0.25) is 4.79 Å². The monoisotopic (exact) mass is 397 g/mol. The number of nitrogens with zero attached hydrogens (tertiary/aromatic N) is 4. The van der Waals surface area contributed by atoms with Gasteiger partial charge >= 0.3 is 0 Å². The SMILES string of the molecule is COCCC(C)NC(=O)c1ccc(-n2ncc(-c3ccnc(OC)c3)c2O)nc1. The normalized spacial score (nSPS) is 11.8. The Labute approximate surface area is 168 Å². The van der Waals surface area contributed by atoms with Crippen LogP contribution >= 0.6 is 0 Å². The van der Waals surface area contributed by atoms with Crippen LogP contribution in [0.3, 0.4) is 0 Å². The number of rotatable bonds is 8. The van der Waals surface area contributed by atoms with Gasteiger partial charge in [0.05, 0.1) is 24.4 Å². The Kier molecular flexibility index (Phi) is 6.40. The van der Waals surface area contributed by atoms with Crippen LogP contribution < -0.4 is 10.1 Å². The molecular weight excluding hydrogens is 374 g/mol. The summed E-state index contributed by atoms with van der Waals surface area (Å²) >= 11 is 0. The molecule has 0 aromatic carbocycles. The lowest BCUT2D eigenvalue weighted by molar-refractivity contribution is 0.0929. The molecule has 29 heavy (non-hydrogen) atoms. The van der Waals surface area contributed by atoms with Crippen molar-refractivity contribution in [3.8, 4) is 28.7 Å². The summed E-state index contributed by atoms with van der Waals surface area (Å²) < 4.78 is 11.4. The number of nitrogens with one attached hydrogen (secondary N) is 1. The number of pyridine rings is 2. The molecule has 3 rings (SSSR count). The van der Waals surface area contributed by atoms with Crippen LogP contribution in [0.4, 0.5) is 0 Å². The molecular formula is C20H23N5O4. The van der Waals surface area contributed by atoms with E-state index >= 15 is 0 Å². The van der Waals surface area contributed by atoms with Gasteiger partial charge in [-0.2, -0.15) is 9.78 Å². The van der Waals surface area contributed by atoms with E-state index in [1.54, 1.807) is 37.6 Å². The average Bonchev–Trinajstić information content (AvgIpc) is 3.13. The Hall–Kier alpha value is -3.46. The molecule has 0 bridgehead atoms. The fourth-order valence-electron chi connectivity index (χ4n) is 2.72. The van der Waals surface area contributed by atoms with E-state index < -0.39 is 0 Å². The van der Waals surface area contributed by atoms with Crippen LogP contribution in [0.5, 0.6) is 11.8 Å². The van der Waals surface area contributed by atoms with Crippen molar-refractivity contribution in [3.63, 3.8) is 0 Å². The van der Waals surface area contributed by atoms with Crippen molar-refractivity contribution in [2.24, 2.45) is 0 Å². The molecule has 0 radical (unpaired) electrons. The first kappa shape index (κ1) is 20.3. The molecule has 0 saturated carbocycles. The zero-order valence-corrected chi connectivity index (χ0v) is 16.5. The van der Waals surface area contributed by atoms with Crippen LogP contribution in [0, 0.1) is 0 Å². The number of methoxy groups -OCH3 is 2. The highest BCUT2D eigenvalue weighted by molar-refractivity contribution is 5.94. The fraction of sp³-hybridized carbons (Fsp3) is 0.300. The van der Waals surface area contributed by atoms with Crippen molar-refractivity contribution in [2.45, 2.75) is 19.4 Å². The Morgan fingerprint density at radius 1 is 1.24 bits per heavy atom. The molecule has 3 aromatic rings. The van der Waals surface area contributed by atoms with Crippen LogP contribution in [0.1, 0.15) is 23.7 Å². The van der Waals surface area contributed by atoms with Gasteiger partial charge in [-0.15, -0.1) is 0 Å². The third-order valence-electron chi connectivity index (χ3n) is 4.36. The van der Waals surface area contributed by atoms with Gasteiger partial charge in [-0.25, -0.2) is 9.97 Å². The van der Waals surface area contributed by atoms with Crippen molar-refractivity contribution < 1.29 is 19.4 Å². The molecule has 3 aromatic heterocycles. The fourth-order valence-corrected chi connectivity index (χ4v) is 2.72. The minimum absolute atomic E-state index is 0.0165. The van der Waals surface area contributed by atoms with Crippen LogP contribution in [-0.2, 0) is 4.74 Å². The standard InChI is InChI=1S/C20H23N5O4/c1-13(7-9-28-2)24-19(26)15-4-5-17(22-11-15)25-20(27)16(12-23-25)14-6-8-21-18(10-14)29-3/h4-6,8,10-13,27H,7,9H2,1-3H3,(H,24,26). The van der Waals surface area contributed by atoms with E-state index in [0.29, 0.717) is 35.0 Å². The third kappa shape index (κ3) is 4.69. The van der Waals surface area contributed by atoms with E-state index in [2.05, 4.69) is 20.4 Å². The zero-order chi connectivity index (χ0) is 20.8. The third-order valence-corrected chi connectivity index (χ3v) is 4.36. The summed E-state index contributed by atoms with van der Waals surface area (Å²) in [6, 6.07) is 6.69. The first-order valence-corrected chi connectivity index (χ1v) is 9.07. The second-order valence-corrected chi connectivity index (χ2v) is 6.44. The van der Waals surface area contributed by atoms with Gasteiger partial charge in [-0.05, 0) is 37.1 Å². The summed E-state index contributed by atoms with van der Waals surface area (Å²) in [6.45, 7) is 2.49. The van der Waals surface area contributed by atoms with Crippen molar-refractivity contribution in [2.75, 3.05) is 20.8 Å². The summed E-state index contributed by atoms with van der Waals surface area (Å²) in [4.78, 5) is 20.6. The maximum absolute atomic E-state index is 12.3. The predicted molar refractivity (Wildman–Crippen MR) is 106 cm³/mol. The lowest BCUT2D eigenvalue weighted by Crippen LogP contribution is -2.33. The molecule has 0 aliphatic rings. The zero-order valence-electron chi connectivity index (χ0n) is 16.5. The summed E-state index contributed by atoms with van der Waals surface area (Å²) in [5.74, 6) is 0.527. The molecule has 2 N–H and O–H groups in total. The first-order valence-electron chi connectivity index (χ1n) is 9.07. The van der Waals surface area contributed by atoms with E-state index in [1.165, 1.54) is 24.2 Å². The Bertz CT molecular complexity index is 971. The number of amides is 1. The molecule has 9 heteroatoms. The Morgan fingerprint density at radius 3 is 2.76 bits per heavy atom. The lowest BCUT2D eigenvalue weighted by Gasteiger charge is -2.13. The Balaban J connectivity index is 1.77. The minimum atomic E-state index is -0.220. The van der Waals surface area contributed by atoms with Crippen molar-refractivity contribution >= 4 is 5.91 Å². The first-order chi connectivity index (χ1) is 14.0. The smallest absolute Gasteiger partial charge is 0.253 e. The highest BCUT2D eigenvalue weighted by Crippen LogP contribution is 2.31. The molecule has 0 spiro atoms. The summed E-state index contributed by atoms with van der Waals surface area (Å²) in [5.41, 5.74) is 1.65. The Morgan fingerprint density at radius 2 is 2.07 bits per heavy atom. The van der Waals surface area contributed by atoms with Gasteiger partial charge < -0.3 is 19.9 Å². The van der Waals surface area contributed by atoms with Crippen LogP contribution in [0.15, 0.2) is 42.9 Å². The lowest BCUT2D eigenvalue weighted by atomic mass is 10.1. The molecule has 3 heterocycles. The summed E-state index contributed by atoms with van der Waals surface area (Å²) in [6.07, 6.45) is 5.29. The number of hydrogen-bond acceptors (Lipinski definition) is 7. The predicted octanol–water partition coefficient (Wildman–Crippen LogP) is 2.20. The number of hydrogen-bond donors (Lipinski definition) is 2.